The van der Waals surface area contributed by atoms with Gasteiger partial charge in [0.05, 0.1) is 10.6 Å². The number of ether oxygens (including phenoxy) is 2. The van der Waals surface area contributed by atoms with E-state index in [0.29, 0.717) is 16.3 Å². The minimum Gasteiger partial charge on any atom is -0.489 e. The van der Waals surface area contributed by atoms with E-state index in [9.17, 15) is 9.18 Å². The van der Waals surface area contributed by atoms with Crippen LogP contribution >= 0.6 is 11.6 Å². The van der Waals surface area contributed by atoms with Crippen molar-refractivity contribution in [3.63, 3.8) is 0 Å². The van der Waals surface area contributed by atoms with Crippen molar-refractivity contribution in [3.05, 3.63) is 106 Å². The lowest BCUT2D eigenvalue weighted by Gasteiger charge is -2.06. The van der Waals surface area contributed by atoms with Crippen molar-refractivity contribution in [2.75, 3.05) is 0 Å². The number of aliphatic imine (C=N–C) groups is 1. The van der Waals surface area contributed by atoms with E-state index in [2.05, 4.69) is 4.99 Å². The molecule has 0 amide bonds. The summed E-state index contributed by atoms with van der Waals surface area (Å²) in [7, 11) is 0. The first-order valence-corrected chi connectivity index (χ1v) is 9.21. The summed E-state index contributed by atoms with van der Waals surface area (Å²) >= 11 is 6.13. The van der Waals surface area contributed by atoms with E-state index in [1.807, 2.05) is 0 Å². The van der Waals surface area contributed by atoms with Crippen LogP contribution in [0, 0.1) is 5.82 Å². The number of halogens is 2. The van der Waals surface area contributed by atoms with Gasteiger partial charge in [-0.1, -0.05) is 48.0 Å². The molecule has 0 atom stereocenters. The average molecular weight is 408 g/mol. The second-order valence-electron chi connectivity index (χ2n) is 6.30. The number of rotatable bonds is 5. The summed E-state index contributed by atoms with van der Waals surface area (Å²) in [6.45, 7) is 0.260. The van der Waals surface area contributed by atoms with E-state index in [-0.39, 0.29) is 24.0 Å². The number of esters is 1. The van der Waals surface area contributed by atoms with Crippen LogP contribution in [0.1, 0.15) is 16.7 Å². The van der Waals surface area contributed by atoms with Crippen LogP contribution in [-0.4, -0.2) is 11.9 Å². The van der Waals surface area contributed by atoms with E-state index >= 15 is 0 Å². The van der Waals surface area contributed by atoms with Gasteiger partial charge in [0.1, 0.15) is 18.2 Å². The summed E-state index contributed by atoms with van der Waals surface area (Å²) in [4.78, 5) is 16.4. The summed E-state index contributed by atoms with van der Waals surface area (Å²) < 4.78 is 24.1. The number of nitrogens with zero attached hydrogens (tertiary/aromatic N) is 1. The Balaban J connectivity index is 1.47. The fraction of sp³-hybridized carbons (Fsp3) is 0.0435. The van der Waals surface area contributed by atoms with Crippen molar-refractivity contribution >= 4 is 29.5 Å². The minimum atomic E-state index is -0.536. The summed E-state index contributed by atoms with van der Waals surface area (Å²) in [6, 6.07) is 20.4. The first kappa shape index (κ1) is 18.9. The van der Waals surface area contributed by atoms with Crippen LogP contribution in [0.15, 0.2) is 83.5 Å². The predicted molar refractivity (Wildman–Crippen MR) is 109 cm³/mol. The number of carbonyl (C=O) groups excluding carboxylic acids is 1. The summed E-state index contributed by atoms with van der Waals surface area (Å²) in [5.74, 6) is -0.0212. The quantitative estimate of drug-likeness (QED) is 0.420. The van der Waals surface area contributed by atoms with Crippen LogP contribution in [0.5, 0.6) is 5.75 Å². The van der Waals surface area contributed by atoms with Gasteiger partial charge in [0.15, 0.2) is 5.70 Å². The molecule has 0 radical (unpaired) electrons. The van der Waals surface area contributed by atoms with Crippen LogP contribution in [0.2, 0.25) is 5.02 Å². The Morgan fingerprint density at radius 1 is 1.03 bits per heavy atom. The summed E-state index contributed by atoms with van der Waals surface area (Å²) in [5.41, 5.74) is 2.26. The van der Waals surface area contributed by atoms with Gasteiger partial charge in [0.25, 0.3) is 0 Å². The summed E-state index contributed by atoms with van der Waals surface area (Å²) in [6.07, 6.45) is 1.63. The molecule has 3 aromatic carbocycles. The van der Waals surface area contributed by atoms with Crippen molar-refractivity contribution in [3.8, 4) is 5.75 Å². The Morgan fingerprint density at radius 3 is 2.59 bits per heavy atom. The van der Waals surface area contributed by atoms with Crippen molar-refractivity contribution < 1.29 is 18.7 Å². The lowest BCUT2D eigenvalue weighted by Crippen LogP contribution is -2.05. The second-order valence-corrected chi connectivity index (χ2v) is 6.71. The Bertz CT molecular complexity index is 1120. The molecule has 1 heterocycles. The van der Waals surface area contributed by atoms with Gasteiger partial charge in [-0.05, 0) is 53.6 Å². The lowest BCUT2D eigenvalue weighted by atomic mass is 10.2. The number of hydrogen-bond acceptors (Lipinski definition) is 4. The topological polar surface area (TPSA) is 47.9 Å². The van der Waals surface area contributed by atoms with Crippen molar-refractivity contribution in [1.29, 1.82) is 0 Å². The van der Waals surface area contributed by atoms with Crippen LogP contribution in [0.25, 0.3) is 6.08 Å². The lowest BCUT2D eigenvalue weighted by molar-refractivity contribution is -0.129. The second kappa shape index (κ2) is 8.29. The monoisotopic (exact) mass is 407 g/mol. The fourth-order valence-corrected chi connectivity index (χ4v) is 2.99. The third kappa shape index (κ3) is 4.52. The van der Waals surface area contributed by atoms with Crippen LogP contribution in [0.3, 0.4) is 0 Å². The zero-order valence-electron chi connectivity index (χ0n) is 15.1. The molecular formula is C23H15ClFNO3. The largest absolute Gasteiger partial charge is 0.489 e. The molecule has 0 unspecified atom stereocenters. The third-order valence-electron chi connectivity index (χ3n) is 4.20. The molecule has 0 fully saturated rings. The molecule has 0 saturated heterocycles. The van der Waals surface area contributed by atoms with Gasteiger partial charge in [-0.3, -0.25) is 0 Å². The number of hydrogen-bond donors (Lipinski definition) is 0. The number of carbonyl (C=O) groups is 1. The van der Waals surface area contributed by atoms with Gasteiger partial charge in [-0.15, -0.1) is 0 Å². The highest BCUT2D eigenvalue weighted by Crippen LogP contribution is 2.24. The molecular weight excluding hydrogens is 393 g/mol. The number of cyclic esters (lactones) is 1. The molecule has 0 aliphatic carbocycles. The van der Waals surface area contributed by atoms with Crippen LogP contribution in [-0.2, 0) is 16.1 Å². The van der Waals surface area contributed by atoms with Gasteiger partial charge in [-0.2, -0.15) is 0 Å². The predicted octanol–water partition coefficient (Wildman–Crippen LogP) is 5.40. The van der Waals surface area contributed by atoms with E-state index in [0.717, 1.165) is 11.1 Å². The maximum atomic E-state index is 13.2. The van der Waals surface area contributed by atoms with Crippen LogP contribution in [0.4, 0.5) is 4.39 Å². The Hall–Kier alpha value is -3.44. The molecule has 0 N–H and O–H groups in total. The highest BCUT2D eigenvalue weighted by molar-refractivity contribution is 6.34. The Kier molecular flexibility index (Phi) is 5.40. The van der Waals surface area contributed by atoms with Crippen molar-refractivity contribution in [2.24, 2.45) is 4.99 Å². The van der Waals surface area contributed by atoms with E-state index in [1.54, 1.807) is 66.7 Å². The van der Waals surface area contributed by atoms with Crippen LogP contribution < -0.4 is 4.74 Å². The van der Waals surface area contributed by atoms with Gasteiger partial charge in [0, 0.05) is 0 Å². The third-order valence-corrected chi connectivity index (χ3v) is 4.53. The van der Waals surface area contributed by atoms with Gasteiger partial charge in [-0.25, -0.2) is 14.2 Å². The van der Waals surface area contributed by atoms with Crippen molar-refractivity contribution in [2.45, 2.75) is 6.61 Å². The molecule has 144 valence electrons. The first-order valence-electron chi connectivity index (χ1n) is 8.83. The molecule has 0 spiro atoms. The molecule has 4 nitrogen and oxygen atoms in total. The minimum absolute atomic E-state index is 0.182. The average Bonchev–Trinajstić information content (AvgIpc) is 3.08. The molecule has 4 rings (SSSR count). The molecule has 6 heteroatoms. The van der Waals surface area contributed by atoms with Crippen molar-refractivity contribution in [1.82, 2.24) is 0 Å². The molecule has 1 aliphatic heterocycles. The Morgan fingerprint density at radius 2 is 1.83 bits per heavy atom. The van der Waals surface area contributed by atoms with Gasteiger partial charge < -0.3 is 9.47 Å². The number of benzene rings is 3. The molecule has 29 heavy (non-hydrogen) atoms. The molecule has 1 aliphatic rings. The van der Waals surface area contributed by atoms with E-state index in [4.69, 9.17) is 21.1 Å². The Labute approximate surface area is 171 Å². The van der Waals surface area contributed by atoms with Gasteiger partial charge >= 0.3 is 5.97 Å². The highest BCUT2D eigenvalue weighted by Gasteiger charge is 2.25. The SMILES string of the molecule is O=C1OC(c2ccccc2Cl)=N/C1=C\c1ccc(OCc2cccc(F)c2)cc1. The molecule has 0 saturated carbocycles. The highest BCUT2D eigenvalue weighted by atomic mass is 35.5. The van der Waals surface area contributed by atoms with Gasteiger partial charge in [0.2, 0.25) is 5.90 Å². The fourth-order valence-electron chi connectivity index (χ4n) is 2.77. The maximum Gasteiger partial charge on any atom is 0.363 e. The molecule has 0 bridgehead atoms. The zero-order chi connectivity index (χ0) is 20.2. The summed E-state index contributed by atoms with van der Waals surface area (Å²) in [5, 5.41) is 0.458. The van der Waals surface area contributed by atoms with E-state index < -0.39 is 5.97 Å². The normalized spacial score (nSPS) is 14.6. The smallest absolute Gasteiger partial charge is 0.363 e. The first-order chi connectivity index (χ1) is 14.1. The van der Waals surface area contributed by atoms with E-state index in [1.165, 1.54) is 12.1 Å². The molecule has 0 aromatic heterocycles. The standard InChI is InChI=1S/C23H15ClFNO3/c24-20-7-2-1-6-19(20)22-26-21(23(27)29-22)13-15-8-10-18(11-9-15)28-14-16-4-3-5-17(25)12-16/h1-13H,14H2/b21-13-. The zero-order valence-corrected chi connectivity index (χ0v) is 15.9. The maximum absolute atomic E-state index is 13.2. The molecule has 3 aromatic rings.